The molecule has 2 heterocycles. The third-order valence-electron chi connectivity index (χ3n) is 5.26. The van der Waals surface area contributed by atoms with E-state index in [-0.39, 0.29) is 12.5 Å². The van der Waals surface area contributed by atoms with Crippen molar-refractivity contribution in [3.63, 3.8) is 0 Å². The molecule has 1 aliphatic carbocycles. The molecule has 2 fully saturated rings. The van der Waals surface area contributed by atoms with Crippen LogP contribution in [0.5, 0.6) is 0 Å². The van der Waals surface area contributed by atoms with Gasteiger partial charge in [-0.2, -0.15) is 0 Å². The topological polar surface area (TPSA) is 91.9 Å². The van der Waals surface area contributed by atoms with Gasteiger partial charge in [-0.15, -0.1) is 0 Å². The fourth-order valence-corrected chi connectivity index (χ4v) is 3.69. The Balaban J connectivity index is 1.66. The SMILES string of the molecule is O=C(NCC1(O)CCCCCC1)c1ccoc1C1(O)CCOCC1. The van der Waals surface area contributed by atoms with E-state index in [1.54, 1.807) is 6.07 Å². The van der Waals surface area contributed by atoms with E-state index in [0.717, 1.165) is 25.7 Å². The molecular formula is C18H27NO5. The van der Waals surface area contributed by atoms with Crippen LogP contribution in [0.25, 0.3) is 0 Å². The number of aliphatic hydroxyl groups is 2. The highest BCUT2D eigenvalue weighted by molar-refractivity contribution is 5.95. The van der Waals surface area contributed by atoms with Crippen molar-refractivity contribution >= 4 is 5.91 Å². The normalized spacial score (nSPS) is 23.4. The molecule has 134 valence electrons. The minimum Gasteiger partial charge on any atom is -0.465 e. The van der Waals surface area contributed by atoms with Gasteiger partial charge in [-0.1, -0.05) is 25.7 Å². The van der Waals surface area contributed by atoms with Gasteiger partial charge in [0.05, 0.1) is 17.4 Å². The molecule has 6 nitrogen and oxygen atoms in total. The van der Waals surface area contributed by atoms with Crippen molar-refractivity contribution in [2.24, 2.45) is 0 Å². The summed E-state index contributed by atoms with van der Waals surface area (Å²) < 4.78 is 10.7. The largest absolute Gasteiger partial charge is 0.465 e. The zero-order valence-corrected chi connectivity index (χ0v) is 14.1. The smallest absolute Gasteiger partial charge is 0.255 e. The van der Waals surface area contributed by atoms with Crippen LogP contribution in [0.1, 0.15) is 67.5 Å². The lowest BCUT2D eigenvalue weighted by atomic mass is 9.89. The molecule has 24 heavy (non-hydrogen) atoms. The first-order valence-corrected chi connectivity index (χ1v) is 8.91. The minimum absolute atomic E-state index is 0.234. The van der Waals surface area contributed by atoms with Crippen LogP contribution in [-0.2, 0) is 10.3 Å². The van der Waals surface area contributed by atoms with E-state index in [0.29, 0.717) is 50.2 Å². The molecule has 1 amide bonds. The van der Waals surface area contributed by atoms with E-state index in [1.165, 1.54) is 6.26 Å². The van der Waals surface area contributed by atoms with Crippen LogP contribution in [-0.4, -0.2) is 41.5 Å². The van der Waals surface area contributed by atoms with Crippen molar-refractivity contribution in [3.05, 3.63) is 23.7 Å². The van der Waals surface area contributed by atoms with Crippen LogP contribution in [0.4, 0.5) is 0 Å². The fraction of sp³-hybridized carbons (Fsp3) is 0.722. The highest BCUT2D eigenvalue weighted by Crippen LogP contribution is 2.35. The Bertz CT molecular complexity index is 554. The van der Waals surface area contributed by atoms with Crippen molar-refractivity contribution in [1.29, 1.82) is 0 Å². The van der Waals surface area contributed by atoms with Gasteiger partial charge in [0.15, 0.2) is 0 Å². The molecule has 1 aromatic heterocycles. The summed E-state index contributed by atoms with van der Waals surface area (Å²) in [6.07, 6.45) is 7.92. The lowest BCUT2D eigenvalue weighted by Gasteiger charge is -2.31. The Hall–Kier alpha value is -1.37. The Morgan fingerprint density at radius 1 is 1.08 bits per heavy atom. The molecule has 0 atom stereocenters. The van der Waals surface area contributed by atoms with Gasteiger partial charge in [-0.25, -0.2) is 0 Å². The maximum atomic E-state index is 12.6. The lowest BCUT2D eigenvalue weighted by molar-refractivity contribution is -0.0804. The number of ether oxygens (including phenoxy) is 1. The summed E-state index contributed by atoms with van der Waals surface area (Å²) in [5.41, 5.74) is -1.64. The second-order valence-electron chi connectivity index (χ2n) is 7.13. The number of amides is 1. The molecule has 2 aliphatic rings. The summed E-state index contributed by atoms with van der Waals surface area (Å²) in [5.74, 6) is -0.00695. The second-order valence-corrected chi connectivity index (χ2v) is 7.13. The molecule has 0 spiro atoms. The predicted octanol–water partition coefficient (Wildman–Crippen LogP) is 2.09. The number of carbonyl (C=O) groups excluding carboxylic acids is 1. The molecule has 1 saturated carbocycles. The van der Waals surface area contributed by atoms with Crippen LogP contribution >= 0.6 is 0 Å². The summed E-state index contributed by atoms with van der Waals surface area (Å²) in [7, 11) is 0. The summed E-state index contributed by atoms with van der Waals surface area (Å²) in [5, 5.41) is 24.3. The highest BCUT2D eigenvalue weighted by atomic mass is 16.5. The highest BCUT2D eigenvalue weighted by Gasteiger charge is 2.38. The van der Waals surface area contributed by atoms with E-state index in [2.05, 4.69) is 5.32 Å². The van der Waals surface area contributed by atoms with Crippen molar-refractivity contribution in [3.8, 4) is 0 Å². The molecule has 0 aromatic carbocycles. The summed E-state index contributed by atoms with van der Waals surface area (Å²) in [6, 6.07) is 1.58. The van der Waals surface area contributed by atoms with Crippen molar-refractivity contribution in [1.82, 2.24) is 5.32 Å². The number of furan rings is 1. The van der Waals surface area contributed by atoms with Gasteiger partial charge >= 0.3 is 0 Å². The van der Waals surface area contributed by atoms with Crippen LogP contribution in [0, 0.1) is 0 Å². The monoisotopic (exact) mass is 337 g/mol. The molecule has 0 bridgehead atoms. The third kappa shape index (κ3) is 3.82. The molecule has 3 N–H and O–H groups in total. The van der Waals surface area contributed by atoms with E-state index >= 15 is 0 Å². The second kappa shape index (κ2) is 7.25. The van der Waals surface area contributed by atoms with Crippen molar-refractivity contribution < 1.29 is 24.2 Å². The van der Waals surface area contributed by atoms with Crippen LogP contribution in [0.15, 0.2) is 16.7 Å². The van der Waals surface area contributed by atoms with Gasteiger partial charge in [0.25, 0.3) is 5.91 Å². The van der Waals surface area contributed by atoms with Gasteiger partial charge in [-0.3, -0.25) is 4.79 Å². The number of rotatable bonds is 4. The first kappa shape index (κ1) is 17.5. The molecule has 6 heteroatoms. The van der Waals surface area contributed by atoms with E-state index in [4.69, 9.17) is 9.15 Å². The quantitative estimate of drug-likeness (QED) is 0.732. The van der Waals surface area contributed by atoms with Gasteiger partial charge in [0, 0.05) is 32.6 Å². The maximum absolute atomic E-state index is 12.6. The molecular weight excluding hydrogens is 310 g/mol. The summed E-state index contributed by atoms with van der Waals surface area (Å²) in [6.45, 7) is 1.12. The Kier molecular flexibility index (Phi) is 5.27. The molecule has 0 unspecified atom stereocenters. The molecule has 1 saturated heterocycles. The number of hydrogen-bond donors (Lipinski definition) is 3. The Morgan fingerprint density at radius 3 is 2.42 bits per heavy atom. The first-order valence-electron chi connectivity index (χ1n) is 8.91. The molecule has 0 radical (unpaired) electrons. The van der Waals surface area contributed by atoms with E-state index in [1.807, 2.05) is 0 Å². The Labute approximate surface area is 142 Å². The van der Waals surface area contributed by atoms with Gasteiger partial charge in [0.2, 0.25) is 0 Å². The summed E-state index contributed by atoms with van der Waals surface area (Å²) in [4.78, 5) is 12.6. The summed E-state index contributed by atoms with van der Waals surface area (Å²) >= 11 is 0. The zero-order chi connectivity index (χ0) is 17.0. The molecule has 1 aromatic rings. The Morgan fingerprint density at radius 2 is 1.75 bits per heavy atom. The fourth-order valence-electron chi connectivity index (χ4n) is 3.69. The maximum Gasteiger partial charge on any atom is 0.255 e. The number of hydrogen-bond acceptors (Lipinski definition) is 5. The van der Waals surface area contributed by atoms with Crippen molar-refractivity contribution in [2.75, 3.05) is 19.8 Å². The van der Waals surface area contributed by atoms with Gasteiger partial charge in [0.1, 0.15) is 11.4 Å². The zero-order valence-electron chi connectivity index (χ0n) is 14.1. The van der Waals surface area contributed by atoms with Gasteiger partial charge < -0.3 is 24.7 Å². The average molecular weight is 337 g/mol. The minimum atomic E-state index is -1.16. The molecule has 3 rings (SSSR count). The standard InChI is InChI=1S/C18H27NO5/c20-16(19-13-17(21)6-3-1-2-4-7-17)14-5-10-24-15(14)18(22)8-11-23-12-9-18/h5,10,21-22H,1-4,6-9,11-13H2,(H,19,20). The average Bonchev–Trinajstić information content (AvgIpc) is 2.98. The lowest BCUT2D eigenvalue weighted by Crippen LogP contribution is -2.43. The first-order chi connectivity index (χ1) is 11.5. The van der Waals surface area contributed by atoms with E-state index in [9.17, 15) is 15.0 Å². The van der Waals surface area contributed by atoms with E-state index < -0.39 is 11.2 Å². The van der Waals surface area contributed by atoms with Gasteiger partial charge in [-0.05, 0) is 18.9 Å². The third-order valence-corrected chi connectivity index (χ3v) is 5.26. The predicted molar refractivity (Wildman–Crippen MR) is 87.6 cm³/mol. The number of carbonyl (C=O) groups is 1. The number of nitrogens with one attached hydrogen (secondary N) is 1. The molecule has 1 aliphatic heterocycles. The van der Waals surface area contributed by atoms with Crippen LogP contribution in [0.3, 0.4) is 0 Å². The van der Waals surface area contributed by atoms with Crippen molar-refractivity contribution in [2.45, 2.75) is 62.6 Å². The van der Waals surface area contributed by atoms with Crippen LogP contribution in [0.2, 0.25) is 0 Å². The van der Waals surface area contributed by atoms with Crippen LogP contribution < -0.4 is 5.32 Å².